The Morgan fingerprint density at radius 2 is 2.07 bits per heavy atom. The van der Waals surface area contributed by atoms with E-state index >= 15 is 0 Å². The largest absolute Gasteiger partial charge is 0.497 e. The second-order valence-corrected chi connectivity index (χ2v) is 6.92. The zero-order valence-corrected chi connectivity index (χ0v) is 15.4. The van der Waals surface area contributed by atoms with Crippen molar-refractivity contribution in [3.63, 3.8) is 0 Å². The molecule has 1 fully saturated rings. The summed E-state index contributed by atoms with van der Waals surface area (Å²) in [5.41, 5.74) is 3.42. The van der Waals surface area contributed by atoms with Crippen LogP contribution in [-0.4, -0.2) is 37.8 Å². The molecule has 27 heavy (non-hydrogen) atoms. The fraction of sp³-hybridized carbons (Fsp3) is 0.318. The van der Waals surface area contributed by atoms with Crippen LogP contribution in [0.2, 0.25) is 0 Å². The number of fused-ring (bicyclic) bond motifs is 1. The van der Waals surface area contributed by atoms with Crippen LogP contribution in [0.1, 0.15) is 23.5 Å². The molecule has 2 atom stereocenters. The highest BCUT2D eigenvalue weighted by molar-refractivity contribution is 5.84. The second kappa shape index (κ2) is 7.84. The number of benzene rings is 2. The van der Waals surface area contributed by atoms with Gasteiger partial charge in [-0.15, -0.1) is 0 Å². The molecule has 1 aliphatic rings. The standard InChI is InChI=1S/C22H24N2O3/c1-26-17-8-6-15(7-9-17)19(12-24-22(25)16-10-11-27-14-16)20-13-23-21-5-3-2-4-18(20)21/h2-9,13,16,19,23H,10-12,14H2,1H3,(H,24,25). The summed E-state index contributed by atoms with van der Waals surface area (Å²) >= 11 is 0. The smallest absolute Gasteiger partial charge is 0.225 e. The van der Waals surface area contributed by atoms with Crippen molar-refractivity contribution >= 4 is 16.8 Å². The average Bonchev–Trinajstić information content (AvgIpc) is 3.39. The summed E-state index contributed by atoms with van der Waals surface area (Å²) in [5, 5.41) is 4.32. The molecule has 1 amide bonds. The van der Waals surface area contributed by atoms with Gasteiger partial charge in [0.2, 0.25) is 5.91 Å². The maximum Gasteiger partial charge on any atom is 0.225 e. The third kappa shape index (κ3) is 3.69. The van der Waals surface area contributed by atoms with Gasteiger partial charge in [0.1, 0.15) is 5.75 Å². The Labute approximate surface area is 158 Å². The normalized spacial score (nSPS) is 17.7. The van der Waals surface area contributed by atoms with Gasteiger partial charge in [0.15, 0.2) is 0 Å². The van der Waals surface area contributed by atoms with E-state index in [1.807, 2.05) is 30.5 Å². The number of ether oxygens (including phenoxy) is 2. The van der Waals surface area contributed by atoms with Crippen molar-refractivity contribution in [1.29, 1.82) is 0 Å². The third-order valence-electron chi connectivity index (χ3n) is 5.30. The SMILES string of the molecule is COc1ccc(C(CNC(=O)C2CCOC2)c2c[nH]c3ccccc23)cc1. The van der Waals surface area contributed by atoms with Crippen molar-refractivity contribution in [1.82, 2.24) is 10.3 Å². The molecule has 2 heterocycles. The minimum Gasteiger partial charge on any atom is -0.497 e. The van der Waals surface area contributed by atoms with Gasteiger partial charge in [-0.05, 0) is 35.7 Å². The first-order valence-corrected chi connectivity index (χ1v) is 9.31. The van der Waals surface area contributed by atoms with Crippen molar-refractivity contribution in [3.8, 4) is 5.75 Å². The lowest BCUT2D eigenvalue weighted by Gasteiger charge is -2.19. The number of nitrogens with one attached hydrogen (secondary N) is 2. The molecule has 140 valence electrons. The summed E-state index contributed by atoms with van der Waals surface area (Å²) in [6.07, 6.45) is 2.84. The van der Waals surface area contributed by atoms with Crippen LogP contribution in [-0.2, 0) is 9.53 Å². The predicted molar refractivity (Wildman–Crippen MR) is 105 cm³/mol. The molecule has 3 aromatic rings. The molecule has 0 bridgehead atoms. The van der Waals surface area contributed by atoms with Crippen LogP contribution in [0.15, 0.2) is 54.7 Å². The minimum atomic E-state index is -0.0375. The first-order valence-electron chi connectivity index (χ1n) is 9.31. The van der Waals surface area contributed by atoms with Gasteiger partial charge >= 0.3 is 0 Å². The highest BCUT2D eigenvalue weighted by atomic mass is 16.5. The van der Waals surface area contributed by atoms with Crippen LogP contribution >= 0.6 is 0 Å². The van der Waals surface area contributed by atoms with Gasteiger partial charge in [-0.3, -0.25) is 4.79 Å². The predicted octanol–water partition coefficient (Wildman–Crippen LogP) is 3.46. The molecule has 0 aliphatic carbocycles. The zero-order chi connectivity index (χ0) is 18.6. The number of amides is 1. The summed E-state index contributed by atoms with van der Waals surface area (Å²) in [6, 6.07) is 16.3. The molecule has 2 unspecified atom stereocenters. The van der Waals surface area contributed by atoms with Crippen molar-refractivity contribution in [2.24, 2.45) is 5.92 Å². The maximum absolute atomic E-state index is 12.5. The van der Waals surface area contributed by atoms with Crippen LogP contribution in [0.5, 0.6) is 5.75 Å². The van der Waals surface area contributed by atoms with Gasteiger partial charge in [0, 0.05) is 36.2 Å². The molecule has 0 spiro atoms. The highest BCUT2D eigenvalue weighted by Crippen LogP contribution is 2.31. The Morgan fingerprint density at radius 1 is 1.26 bits per heavy atom. The molecule has 1 aliphatic heterocycles. The van der Waals surface area contributed by atoms with Gasteiger partial charge in [0.25, 0.3) is 0 Å². The monoisotopic (exact) mass is 364 g/mol. The van der Waals surface area contributed by atoms with E-state index in [1.54, 1.807) is 7.11 Å². The number of H-pyrrole nitrogens is 1. The number of carbonyl (C=O) groups is 1. The van der Waals surface area contributed by atoms with E-state index in [0.717, 1.165) is 23.3 Å². The van der Waals surface area contributed by atoms with Gasteiger partial charge in [0.05, 0.1) is 19.6 Å². The number of hydrogen-bond donors (Lipinski definition) is 2. The molecular formula is C22H24N2O3. The summed E-state index contributed by atoms with van der Waals surface area (Å²) < 4.78 is 10.6. The van der Waals surface area contributed by atoms with Crippen LogP contribution in [0.25, 0.3) is 10.9 Å². The molecular weight excluding hydrogens is 340 g/mol. The summed E-state index contributed by atoms with van der Waals surface area (Å²) in [4.78, 5) is 15.8. The molecule has 4 rings (SSSR count). The fourth-order valence-corrected chi connectivity index (χ4v) is 3.71. The number of aromatic nitrogens is 1. The summed E-state index contributed by atoms with van der Waals surface area (Å²) in [7, 11) is 1.66. The summed E-state index contributed by atoms with van der Waals surface area (Å²) in [5.74, 6) is 0.914. The van der Waals surface area contributed by atoms with E-state index in [-0.39, 0.29) is 17.7 Å². The quantitative estimate of drug-likeness (QED) is 0.704. The minimum absolute atomic E-state index is 0.0375. The van der Waals surface area contributed by atoms with Crippen LogP contribution in [0.4, 0.5) is 0 Å². The van der Waals surface area contributed by atoms with Gasteiger partial charge in [-0.1, -0.05) is 30.3 Å². The Hall–Kier alpha value is -2.79. The maximum atomic E-state index is 12.5. The van der Waals surface area contributed by atoms with Crippen molar-refractivity contribution < 1.29 is 14.3 Å². The first-order chi connectivity index (χ1) is 13.3. The zero-order valence-electron chi connectivity index (χ0n) is 15.4. The third-order valence-corrected chi connectivity index (χ3v) is 5.30. The number of hydrogen-bond acceptors (Lipinski definition) is 3. The lowest BCUT2D eigenvalue weighted by molar-refractivity contribution is -0.124. The van der Waals surface area contributed by atoms with Crippen molar-refractivity contribution in [2.45, 2.75) is 12.3 Å². The second-order valence-electron chi connectivity index (χ2n) is 6.92. The molecule has 2 aromatic carbocycles. The van der Waals surface area contributed by atoms with E-state index in [0.29, 0.717) is 19.8 Å². The number of para-hydroxylation sites is 1. The molecule has 5 heteroatoms. The molecule has 0 saturated carbocycles. The van der Waals surface area contributed by atoms with E-state index < -0.39 is 0 Å². The number of methoxy groups -OCH3 is 1. The van der Waals surface area contributed by atoms with E-state index in [9.17, 15) is 4.79 Å². The van der Waals surface area contributed by atoms with E-state index in [4.69, 9.17) is 9.47 Å². The lowest BCUT2D eigenvalue weighted by Crippen LogP contribution is -2.34. The van der Waals surface area contributed by atoms with Crippen LogP contribution in [0, 0.1) is 5.92 Å². The Balaban J connectivity index is 1.63. The fourth-order valence-electron chi connectivity index (χ4n) is 3.71. The number of carbonyl (C=O) groups excluding carboxylic acids is 1. The van der Waals surface area contributed by atoms with Crippen LogP contribution in [0.3, 0.4) is 0 Å². The van der Waals surface area contributed by atoms with Gasteiger partial charge < -0.3 is 19.8 Å². The Bertz CT molecular complexity index is 911. The molecule has 0 radical (unpaired) electrons. The van der Waals surface area contributed by atoms with Gasteiger partial charge in [-0.25, -0.2) is 0 Å². The Kier molecular flexibility index (Phi) is 5.12. The van der Waals surface area contributed by atoms with Gasteiger partial charge in [-0.2, -0.15) is 0 Å². The van der Waals surface area contributed by atoms with Crippen LogP contribution < -0.4 is 10.1 Å². The lowest BCUT2D eigenvalue weighted by atomic mass is 9.90. The molecule has 5 nitrogen and oxygen atoms in total. The average molecular weight is 364 g/mol. The molecule has 1 aromatic heterocycles. The van der Waals surface area contributed by atoms with E-state index in [1.165, 1.54) is 10.9 Å². The number of rotatable bonds is 6. The first kappa shape index (κ1) is 17.6. The molecule has 1 saturated heterocycles. The number of aromatic amines is 1. The summed E-state index contributed by atoms with van der Waals surface area (Å²) in [6.45, 7) is 1.73. The van der Waals surface area contributed by atoms with E-state index in [2.05, 4.69) is 34.6 Å². The van der Waals surface area contributed by atoms with Crippen molar-refractivity contribution in [2.75, 3.05) is 26.9 Å². The topological polar surface area (TPSA) is 63.4 Å². The van der Waals surface area contributed by atoms with Crippen molar-refractivity contribution in [3.05, 3.63) is 65.9 Å². The Morgan fingerprint density at radius 3 is 2.81 bits per heavy atom. The molecule has 2 N–H and O–H groups in total. The highest BCUT2D eigenvalue weighted by Gasteiger charge is 2.25.